The van der Waals surface area contributed by atoms with Gasteiger partial charge in [-0.25, -0.2) is 4.98 Å². The van der Waals surface area contributed by atoms with Crippen molar-refractivity contribution >= 4 is 68.5 Å². The zero-order valence-electron chi connectivity index (χ0n) is 18.2. The Morgan fingerprint density at radius 2 is 1.81 bits per heavy atom. The number of hydrogen-bond acceptors (Lipinski definition) is 7. The minimum Gasteiger partial charge on any atom is -0.497 e. The summed E-state index contributed by atoms with van der Waals surface area (Å²) in [5, 5.41) is 0.782. The van der Waals surface area contributed by atoms with Gasteiger partial charge >= 0.3 is 0 Å². The van der Waals surface area contributed by atoms with E-state index in [4.69, 9.17) is 9.72 Å². The molecule has 1 heterocycles. The number of likely N-dealkylation sites (N-methyl/N-ethyl adjacent to an activating group) is 1. The molecule has 0 spiro atoms. The Morgan fingerprint density at radius 1 is 1.10 bits per heavy atom. The summed E-state index contributed by atoms with van der Waals surface area (Å²) in [5.74, 6) is 1.68. The van der Waals surface area contributed by atoms with Crippen molar-refractivity contribution in [2.24, 2.45) is 0 Å². The van der Waals surface area contributed by atoms with Gasteiger partial charge in [0.1, 0.15) is 5.75 Å². The highest BCUT2D eigenvalue weighted by molar-refractivity contribution is 7.99. The van der Waals surface area contributed by atoms with E-state index in [1.165, 1.54) is 4.90 Å². The summed E-state index contributed by atoms with van der Waals surface area (Å²) in [4.78, 5) is 24.1. The third-order valence-electron chi connectivity index (χ3n) is 4.53. The van der Waals surface area contributed by atoms with Gasteiger partial charge in [-0.3, -0.25) is 9.69 Å². The average Bonchev–Trinajstić information content (AvgIpc) is 3.16. The second kappa shape index (κ2) is 12.6. The van der Waals surface area contributed by atoms with Gasteiger partial charge in [-0.2, -0.15) is 0 Å². The number of rotatable bonds is 10. The number of benzene rings is 2. The number of ether oxygens (including phenoxy) is 1. The van der Waals surface area contributed by atoms with Crippen molar-refractivity contribution in [1.29, 1.82) is 0 Å². The third-order valence-corrected chi connectivity index (χ3v) is 7.31. The molecule has 0 aliphatic rings. The Bertz CT molecular complexity index is 980. The lowest BCUT2D eigenvalue weighted by Crippen LogP contribution is -2.36. The first-order valence-electron chi connectivity index (χ1n) is 9.66. The smallest absolute Gasteiger partial charge is 0.229 e. The molecule has 0 bridgehead atoms. The number of carbonyl (C=O) groups is 1. The number of hydrogen-bond donors (Lipinski definition) is 0. The summed E-state index contributed by atoms with van der Waals surface area (Å²) in [6.45, 7) is 1.43. The Hall–Kier alpha value is -1.45. The maximum atomic E-state index is 13.1. The van der Waals surface area contributed by atoms with E-state index in [0.29, 0.717) is 13.0 Å². The highest BCUT2D eigenvalue weighted by Crippen LogP contribution is 2.32. The lowest BCUT2D eigenvalue weighted by atomic mass is 10.3. The molecule has 3 aromatic rings. The molecule has 3 rings (SSSR count). The molecule has 168 valence electrons. The van der Waals surface area contributed by atoms with E-state index in [2.05, 4.69) is 23.3 Å². The highest BCUT2D eigenvalue weighted by atomic mass is 35.5. The summed E-state index contributed by atoms with van der Waals surface area (Å²) in [5.41, 5.74) is 0.947. The number of thioether (sulfide) groups is 2. The number of methoxy groups -OCH3 is 1. The summed E-state index contributed by atoms with van der Waals surface area (Å²) in [6, 6.07) is 14.2. The number of halogens is 1. The molecule has 0 aliphatic carbocycles. The zero-order chi connectivity index (χ0) is 21.5. The normalized spacial score (nSPS) is 10.9. The first-order chi connectivity index (χ1) is 14.5. The monoisotopic (exact) mass is 497 g/mol. The van der Waals surface area contributed by atoms with E-state index >= 15 is 0 Å². The van der Waals surface area contributed by atoms with Gasteiger partial charge in [0.25, 0.3) is 0 Å². The third kappa shape index (κ3) is 7.29. The first-order valence-corrected chi connectivity index (χ1v) is 12.7. The highest BCUT2D eigenvalue weighted by Gasteiger charge is 2.20. The number of anilines is 1. The fourth-order valence-electron chi connectivity index (χ4n) is 2.83. The van der Waals surface area contributed by atoms with Crippen molar-refractivity contribution in [2.45, 2.75) is 16.2 Å². The molecule has 2 aromatic carbocycles. The van der Waals surface area contributed by atoms with E-state index in [-0.39, 0.29) is 18.3 Å². The van der Waals surface area contributed by atoms with Crippen LogP contribution >= 0.6 is 47.3 Å². The van der Waals surface area contributed by atoms with Gasteiger partial charge in [-0.15, -0.1) is 35.9 Å². The van der Waals surface area contributed by atoms with Gasteiger partial charge < -0.3 is 9.64 Å². The Morgan fingerprint density at radius 3 is 2.45 bits per heavy atom. The van der Waals surface area contributed by atoms with Crippen molar-refractivity contribution in [2.75, 3.05) is 51.2 Å². The van der Waals surface area contributed by atoms with Gasteiger partial charge in [0.2, 0.25) is 5.91 Å². The molecule has 0 saturated heterocycles. The van der Waals surface area contributed by atoms with Gasteiger partial charge in [-0.05, 0) is 62.8 Å². The molecule has 0 fully saturated rings. The number of carbonyl (C=O) groups excluding carboxylic acids is 1. The molecule has 5 nitrogen and oxygen atoms in total. The van der Waals surface area contributed by atoms with Crippen LogP contribution in [0.25, 0.3) is 10.2 Å². The van der Waals surface area contributed by atoms with Crippen LogP contribution in [0.4, 0.5) is 5.13 Å². The predicted molar refractivity (Wildman–Crippen MR) is 138 cm³/mol. The Balaban J connectivity index is 0.00000341. The number of fused-ring (bicyclic) bond motifs is 1. The minimum absolute atomic E-state index is 0. The van der Waals surface area contributed by atoms with Crippen LogP contribution in [-0.2, 0) is 4.79 Å². The zero-order valence-corrected chi connectivity index (χ0v) is 21.4. The van der Waals surface area contributed by atoms with Crippen LogP contribution in [0.5, 0.6) is 5.75 Å². The summed E-state index contributed by atoms with van der Waals surface area (Å²) in [7, 11) is 5.70. The van der Waals surface area contributed by atoms with Crippen LogP contribution in [0.1, 0.15) is 6.42 Å². The summed E-state index contributed by atoms with van der Waals surface area (Å²) in [6.07, 6.45) is 2.53. The van der Waals surface area contributed by atoms with Gasteiger partial charge in [0.15, 0.2) is 5.13 Å². The molecule has 31 heavy (non-hydrogen) atoms. The van der Waals surface area contributed by atoms with Crippen molar-refractivity contribution in [3.63, 3.8) is 0 Å². The molecule has 0 radical (unpaired) electrons. The maximum Gasteiger partial charge on any atom is 0.229 e. The van der Waals surface area contributed by atoms with E-state index in [9.17, 15) is 4.79 Å². The quantitative estimate of drug-likeness (QED) is 0.343. The largest absolute Gasteiger partial charge is 0.497 e. The topological polar surface area (TPSA) is 45.7 Å². The summed E-state index contributed by atoms with van der Waals surface area (Å²) >= 11 is 4.99. The van der Waals surface area contributed by atoms with Crippen LogP contribution < -0.4 is 9.64 Å². The second-order valence-electron chi connectivity index (χ2n) is 6.95. The lowest BCUT2D eigenvalue weighted by Gasteiger charge is -2.22. The second-order valence-corrected chi connectivity index (χ2v) is 10.0. The molecule has 0 N–H and O–H groups in total. The predicted octanol–water partition coefficient (Wildman–Crippen LogP) is 5.53. The first kappa shape index (κ1) is 25.8. The molecule has 0 saturated carbocycles. The van der Waals surface area contributed by atoms with E-state index in [1.54, 1.807) is 42.0 Å². The SMILES string of the molecule is COc1ccc(SCCC(=O)N(CCN(C)C)c2nc3ccc(SC)cc3s2)cc1.Cl. The van der Waals surface area contributed by atoms with Crippen LogP contribution in [0, 0.1) is 0 Å². The van der Waals surface area contributed by atoms with Crippen molar-refractivity contribution in [3.8, 4) is 5.75 Å². The van der Waals surface area contributed by atoms with Crippen molar-refractivity contribution in [1.82, 2.24) is 9.88 Å². The van der Waals surface area contributed by atoms with Crippen LogP contribution in [0.2, 0.25) is 0 Å². The molecule has 1 aromatic heterocycles. The van der Waals surface area contributed by atoms with E-state index in [0.717, 1.165) is 38.3 Å². The average molecular weight is 498 g/mol. The van der Waals surface area contributed by atoms with Crippen molar-refractivity contribution < 1.29 is 9.53 Å². The van der Waals surface area contributed by atoms with Gasteiger partial charge in [-0.1, -0.05) is 11.3 Å². The van der Waals surface area contributed by atoms with Crippen molar-refractivity contribution in [3.05, 3.63) is 42.5 Å². The molecule has 0 aliphatic heterocycles. The standard InChI is InChI=1S/C22H27N3O2S3.ClH/c1-24(2)12-13-25(22-23-19-10-9-18(28-4)15-20(19)30-22)21(26)11-14-29-17-7-5-16(27-3)6-8-17;/h5-10,15H,11-14H2,1-4H3;1H. The van der Waals surface area contributed by atoms with Gasteiger partial charge in [0, 0.05) is 35.1 Å². The minimum atomic E-state index is 0. The Kier molecular flexibility index (Phi) is 10.4. The molecule has 9 heteroatoms. The van der Waals surface area contributed by atoms with Crippen LogP contribution in [-0.4, -0.2) is 62.1 Å². The molecule has 0 atom stereocenters. The molecule has 1 amide bonds. The van der Waals surface area contributed by atoms with Crippen LogP contribution in [0.3, 0.4) is 0 Å². The fraction of sp³-hybridized carbons (Fsp3) is 0.364. The molecular formula is C22H28ClN3O2S3. The van der Waals surface area contributed by atoms with Gasteiger partial charge in [0.05, 0.1) is 17.3 Å². The fourth-order valence-corrected chi connectivity index (χ4v) is 5.23. The van der Waals surface area contributed by atoms with Crippen LogP contribution in [0.15, 0.2) is 52.3 Å². The number of aromatic nitrogens is 1. The molecule has 0 unspecified atom stereocenters. The number of nitrogens with zero attached hydrogens (tertiary/aromatic N) is 3. The number of thiazole rings is 1. The van der Waals surface area contributed by atoms with E-state index < -0.39 is 0 Å². The number of amides is 1. The lowest BCUT2D eigenvalue weighted by molar-refractivity contribution is -0.118. The Labute approximate surface area is 203 Å². The van der Waals surface area contributed by atoms with E-state index in [1.807, 2.05) is 49.3 Å². The maximum absolute atomic E-state index is 13.1. The summed E-state index contributed by atoms with van der Waals surface area (Å²) < 4.78 is 6.31. The molecular weight excluding hydrogens is 470 g/mol.